The molecule has 0 radical (unpaired) electrons. The second-order valence-electron chi connectivity index (χ2n) is 6.95. The zero-order valence-corrected chi connectivity index (χ0v) is 15.6. The molecule has 0 N–H and O–H groups in total. The van der Waals surface area contributed by atoms with Gasteiger partial charge in [0.2, 0.25) is 0 Å². The van der Waals surface area contributed by atoms with E-state index in [1.54, 1.807) is 17.0 Å². The lowest BCUT2D eigenvalue weighted by Crippen LogP contribution is -2.37. The second-order valence-corrected chi connectivity index (χ2v) is 6.95. The summed E-state index contributed by atoms with van der Waals surface area (Å²) >= 11 is 0. The Bertz CT molecular complexity index is 575. The lowest BCUT2D eigenvalue weighted by atomic mass is 10.1. The fourth-order valence-corrected chi connectivity index (χ4v) is 2.32. The van der Waals surface area contributed by atoms with E-state index in [4.69, 9.17) is 9.47 Å². The largest absolute Gasteiger partial charge is 0.465 e. The van der Waals surface area contributed by atoms with Crippen LogP contribution in [0, 0.1) is 6.92 Å². The van der Waals surface area contributed by atoms with E-state index in [9.17, 15) is 9.59 Å². The molecule has 0 bridgehead atoms. The monoisotopic (exact) mass is 335 g/mol. The first kappa shape index (κ1) is 20.0. The first-order valence-corrected chi connectivity index (χ1v) is 8.33. The van der Waals surface area contributed by atoms with Gasteiger partial charge in [-0.1, -0.05) is 19.4 Å². The first-order valence-electron chi connectivity index (χ1n) is 8.33. The molecule has 0 unspecified atom stereocenters. The number of unbranched alkanes of at least 4 members (excludes halogenated alkanes) is 1. The average molecular weight is 335 g/mol. The standard InChI is InChI=1S/C19H29NO4/c1-7-8-9-20(18(22)24-19(3,4)5)13-15-10-14(2)11-16(12-15)17(21)23-6/h10-12H,7-9,13H2,1-6H3. The number of benzene rings is 1. The maximum atomic E-state index is 12.4. The summed E-state index contributed by atoms with van der Waals surface area (Å²) in [4.78, 5) is 25.9. The van der Waals surface area contributed by atoms with Gasteiger partial charge in [0.15, 0.2) is 0 Å². The maximum Gasteiger partial charge on any atom is 0.410 e. The molecular formula is C19H29NO4. The topological polar surface area (TPSA) is 55.8 Å². The van der Waals surface area contributed by atoms with Crippen molar-refractivity contribution in [2.24, 2.45) is 0 Å². The van der Waals surface area contributed by atoms with Crippen molar-refractivity contribution in [2.45, 2.75) is 59.6 Å². The van der Waals surface area contributed by atoms with Gasteiger partial charge in [-0.15, -0.1) is 0 Å². The molecule has 0 atom stereocenters. The van der Waals surface area contributed by atoms with Gasteiger partial charge in [-0.3, -0.25) is 0 Å². The van der Waals surface area contributed by atoms with E-state index in [1.807, 2.05) is 33.8 Å². The quantitative estimate of drug-likeness (QED) is 0.727. The number of rotatable bonds is 6. The second kappa shape index (κ2) is 8.71. The number of esters is 1. The fourth-order valence-electron chi connectivity index (χ4n) is 2.32. The number of amides is 1. The molecule has 0 spiro atoms. The smallest absolute Gasteiger partial charge is 0.410 e. The van der Waals surface area contributed by atoms with Crippen LogP contribution in [0.3, 0.4) is 0 Å². The van der Waals surface area contributed by atoms with Crippen LogP contribution in [0.1, 0.15) is 62.0 Å². The molecule has 0 saturated carbocycles. The molecule has 5 nitrogen and oxygen atoms in total. The molecule has 0 aliphatic rings. The van der Waals surface area contributed by atoms with Crippen molar-refractivity contribution in [3.63, 3.8) is 0 Å². The molecule has 0 aliphatic heterocycles. The lowest BCUT2D eigenvalue weighted by Gasteiger charge is -2.27. The zero-order chi connectivity index (χ0) is 18.3. The molecular weight excluding hydrogens is 306 g/mol. The summed E-state index contributed by atoms with van der Waals surface area (Å²) < 4.78 is 10.3. The Labute approximate surface area is 144 Å². The van der Waals surface area contributed by atoms with E-state index in [2.05, 4.69) is 6.92 Å². The normalized spacial score (nSPS) is 11.1. The van der Waals surface area contributed by atoms with Crippen molar-refractivity contribution in [2.75, 3.05) is 13.7 Å². The van der Waals surface area contributed by atoms with Gasteiger partial charge in [0.25, 0.3) is 0 Å². The molecule has 24 heavy (non-hydrogen) atoms. The number of nitrogens with zero attached hydrogens (tertiary/aromatic N) is 1. The van der Waals surface area contributed by atoms with E-state index in [0.29, 0.717) is 18.7 Å². The van der Waals surface area contributed by atoms with Crippen molar-refractivity contribution in [1.82, 2.24) is 4.90 Å². The highest BCUT2D eigenvalue weighted by Gasteiger charge is 2.22. The van der Waals surface area contributed by atoms with Crippen molar-refractivity contribution in [3.05, 3.63) is 34.9 Å². The van der Waals surface area contributed by atoms with E-state index in [0.717, 1.165) is 24.0 Å². The summed E-state index contributed by atoms with van der Waals surface area (Å²) in [6, 6.07) is 5.51. The Morgan fingerprint density at radius 3 is 2.38 bits per heavy atom. The molecule has 5 heteroatoms. The van der Waals surface area contributed by atoms with E-state index >= 15 is 0 Å². The number of aryl methyl sites for hydroxylation is 1. The molecule has 1 aromatic carbocycles. The number of carbonyl (C=O) groups excluding carboxylic acids is 2. The third kappa shape index (κ3) is 6.60. The minimum atomic E-state index is -0.536. The van der Waals surface area contributed by atoms with Crippen LogP contribution in [0.25, 0.3) is 0 Å². The molecule has 1 rings (SSSR count). The number of methoxy groups -OCH3 is 1. The SMILES string of the molecule is CCCCN(Cc1cc(C)cc(C(=O)OC)c1)C(=O)OC(C)(C)C. The fraction of sp³-hybridized carbons (Fsp3) is 0.579. The number of hydrogen-bond acceptors (Lipinski definition) is 4. The number of hydrogen-bond donors (Lipinski definition) is 0. The van der Waals surface area contributed by atoms with Gasteiger partial charge in [0.1, 0.15) is 5.60 Å². The van der Waals surface area contributed by atoms with Gasteiger partial charge in [-0.25, -0.2) is 9.59 Å². The number of ether oxygens (including phenoxy) is 2. The highest BCUT2D eigenvalue weighted by Crippen LogP contribution is 2.16. The predicted octanol–water partition coefficient (Wildman–Crippen LogP) is 4.32. The highest BCUT2D eigenvalue weighted by atomic mass is 16.6. The van der Waals surface area contributed by atoms with Crippen molar-refractivity contribution >= 4 is 12.1 Å². The van der Waals surface area contributed by atoms with E-state index < -0.39 is 5.60 Å². The van der Waals surface area contributed by atoms with Crippen LogP contribution in [0.2, 0.25) is 0 Å². The predicted molar refractivity (Wildman–Crippen MR) is 94.1 cm³/mol. The molecule has 0 saturated heterocycles. The summed E-state index contributed by atoms with van der Waals surface area (Å²) in [5.74, 6) is -0.377. The summed E-state index contributed by atoms with van der Waals surface area (Å²) in [6.07, 6.45) is 1.55. The van der Waals surface area contributed by atoms with Gasteiger partial charge in [-0.2, -0.15) is 0 Å². The van der Waals surface area contributed by atoms with E-state index in [-0.39, 0.29) is 12.1 Å². The molecule has 0 aromatic heterocycles. The third-order valence-corrected chi connectivity index (χ3v) is 3.36. The average Bonchev–Trinajstić information content (AvgIpc) is 2.48. The lowest BCUT2D eigenvalue weighted by molar-refractivity contribution is 0.0231. The van der Waals surface area contributed by atoms with Gasteiger partial charge < -0.3 is 14.4 Å². The summed E-state index contributed by atoms with van der Waals surface area (Å²) in [7, 11) is 1.36. The summed E-state index contributed by atoms with van der Waals surface area (Å²) in [6.45, 7) is 10.6. The maximum absolute atomic E-state index is 12.4. The molecule has 134 valence electrons. The molecule has 0 aliphatic carbocycles. The highest BCUT2D eigenvalue weighted by molar-refractivity contribution is 5.89. The van der Waals surface area contributed by atoms with Gasteiger partial charge >= 0.3 is 12.1 Å². The van der Waals surface area contributed by atoms with E-state index in [1.165, 1.54) is 7.11 Å². The number of carbonyl (C=O) groups is 2. The first-order chi connectivity index (χ1) is 11.2. The van der Waals surface area contributed by atoms with Crippen molar-refractivity contribution in [3.8, 4) is 0 Å². The molecule has 0 heterocycles. The van der Waals surface area contributed by atoms with Crippen molar-refractivity contribution in [1.29, 1.82) is 0 Å². The zero-order valence-electron chi connectivity index (χ0n) is 15.6. The van der Waals surface area contributed by atoms with Crippen LogP contribution in [0.4, 0.5) is 4.79 Å². The van der Waals surface area contributed by atoms with Gasteiger partial charge in [-0.05, 0) is 57.4 Å². The van der Waals surface area contributed by atoms with Crippen LogP contribution in [0.15, 0.2) is 18.2 Å². The Balaban J connectivity index is 2.99. The van der Waals surface area contributed by atoms with Crippen LogP contribution in [0.5, 0.6) is 0 Å². The summed E-state index contributed by atoms with van der Waals surface area (Å²) in [5.41, 5.74) is 1.79. The molecule has 1 aromatic rings. The molecule has 1 amide bonds. The Hall–Kier alpha value is -2.04. The van der Waals surface area contributed by atoms with Crippen molar-refractivity contribution < 1.29 is 19.1 Å². The minimum absolute atomic E-state index is 0.336. The Morgan fingerprint density at radius 1 is 1.17 bits per heavy atom. The summed E-state index contributed by atoms with van der Waals surface area (Å²) in [5, 5.41) is 0. The van der Waals surface area contributed by atoms with Crippen LogP contribution < -0.4 is 0 Å². The van der Waals surface area contributed by atoms with Gasteiger partial charge in [0, 0.05) is 13.1 Å². The third-order valence-electron chi connectivity index (χ3n) is 3.36. The van der Waals surface area contributed by atoms with Crippen LogP contribution in [-0.2, 0) is 16.0 Å². The molecule has 0 fully saturated rings. The van der Waals surface area contributed by atoms with Gasteiger partial charge in [0.05, 0.1) is 12.7 Å². The Kier molecular flexibility index (Phi) is 7.26. The Morgan fingerprint density at radius 2 is 1.83 bits per heavy atom. The van der Waals surface area contributed by atoms with Crippen LogP contribution in [-0.4, -0.2) is 36.2 Å². The minimum Gasteiger partial charge on any atom is -0.465 e. The van der Waals surface area contributed by atoms with Crippen LogP contribution >= 0.6 is 0 Å².